The van der Waals surface area contributed by atoms with E-state index in [2.05, 4.69) is 6.58 Å². The normalized spacial score (nSPS) is 11.7. The number of carbonyl (C=O) groups excluding carboxylic acids is 1. The van der Waals surface area contributed by atoms with Gasteiger partial charge < -0.3 is 56.8 Å². The lowest BCUT2D eigenvalue weighted by molar-refractivity contribution is -0.156. The monoisotopic (exact) mass is 626 g/mol. The van der Waals surface area contributed by atoms with Gasteiger partial charge in [0.25, 0.3) is 0 Å². The lowest BCUT2D eigenvalue weighted by Crippen LogP contribution is -2.24. The lowest BCUT2D eigenvalue weighted by Gasteiger charge is -2.19. The fourth-order valence-electron chi connectivity index (χ4n) is 2.91. The first-order valence-corrected chi connectivity index (χ1v) is 15.1. The minimum atomic E-state index is -0.472. The van der Waals surface area contributed by atoms with Gasteiger partial charge in [0.05, 0.1) is 152 Å². The molecule has 0 saturated carbocycles. The van der Waals surface area contributed by atoms with Gasteiger partial charge in [-0.2, -0.15) is 0 Å². The van der Waals surface area contributed by atoms with Crippen LogP contribution in [0.15, 0.2) is 12.7 Å². The van der Waals surface area contributed by atoms with Crippen LogP contribution >= 0.6 is 0 Å². The van der Waals surface area contributed by atoms with E-state index in [-0.39, 0.29) is 12.4 Å². The van der Waals surface area contributed by atoms with Crippen molar-refractivity contribution in [2.45, 2.75) is 32.8 Å². The van der Waals surface area contributed by atoms with E-state index in [0.29, 0.717) is 145 Å². The van der Waals surface area contributed by atoms with Gasteiger partial charge in [0, 0.05) is 0 Å². The molecule has 13 nitrogen and oxygen atoms in total. The molecule has 0 unspecified atom stereocenters. The third-order valence-electron chi connectivity index (χ3n) is 4.83. The molecule has 0 fully saturated rings. The van der Waals surface area contributed by atoms with Gasteiger partial charge in [0.1, 0.15) is 5.60 Å². The molecular weight excluding hydrogens is 568 g/mol. The first-order chi connectivity index (χ1) is 21.0. The summed E-state index contributed by atoms with van der Waals surface area (Å²) in [6, 6.07) is 0. The van der Waals surface area contributed by atoms with Gasteiger partial charge >= 0.3 is 5.97 Å². The van der Waals surface area contributed by atoms with E-state index in [0.717, 1.165) is 0 Å². The van der Waals surface area contributed by atoms with Crippen molar-refractivity contribution in [3.8, 4) is 0 Å². The van der Waals surface area contributed by atoms with E-state index in [1.54, 1.807) is 6.08 Å². The molecule has 0 radical (unpaired) electrons. The predicted octanol–water partition coefficient (Wildman–Crippen LogP) is 2.09. The molecule has 0 aliphatic carbocycles. The topological polar surface area (TPSA) is 128 Å². The zero-order valence-electron chi connectivity index (χ0n) is 26.9. The van der Waals surface area contributed by atoms with Gasteiger partial charge in [0.2, 0.25) is 0 Å². The number of esters is 1. The molecule has 0 amide bonds. The highest BCUT2D eigenvalue weighted by atomic mass is 16.6. The summed E-state index contributed by atoms with van der Waals surface area (Å²) in [6.45, 7) is 20.0. The van der Waals surface area contributed by atoms with Crippen LogP contribution in [0.25, 0.3) is 0 Å². The van der Waals surface area contributed by atoms with E-state index in [9.17, 15) is 4.79 Å². The molecule has 256 valence electrons. The minimum Gasteiger partial charge on any atom is -0.460 e. The lowest BCUT2D eigenvalue weighted by atomic mass is 10.2. The summed E-state index contributed by atoms with van der Waals surface area (Å²) in [6.07, 6.45) is 1.94. The van der Waals surface area contributed by atoms with Crippen molar-refractivity contribution in [1.29, 1.82) is 0 Å². The number of rotatable bonds is 35. The van der Waals surface area contributed by atoms with Gasteiger partial charge in [-0.3, -0.25) is 4.79 Å². The van der Waals surface area contributed by atoms with E-state index in [1.165, 1.54) is 0 Å². The van der Waals surface area contributed by atoms with E-state index in [4.69, 9.17) is 56.8 Å². The summed E-state index contributed by atoms with van der Waals surface area (Å²) in [7, 11) is 0. The molecule has 0 N–H and O–H groups in total. The van der Waals surface area contributed by atoms with Crippen molar-refractivity contribution < 1.29 is 61.6 Å². The Balaban J connectivity index is 3.09. The smallest absolute Gasteiger partial charge is 0.308 e. The second-order valence-corrected chi connectivity index (χ2v) is 9.82. The van der Waals surface area contributed by atoms with Crippen LogP contribution in [-0.4, -0.2) is 157 Å². The molecule has 0 rings (SSSR count). The third-order valence-corrected chi connectivity index (χ3v) is 4.83. The minimum absolute atomic E-state index is 0.233. The summed E-state index contributed by atoms with van der Waals surface area (Å²) >= 11 is 0. The van der Waals surface area contributed by atoms with Crippen LogP contribution in [0.4, 0.5) is 0 Å². The van der Waals surface area contributed by atoms with Crippen molar-refractivity contribution in [2.75, 3.05) is 145 Å². The summed E-state index contributed by atoms with van der Waals surface area (Å²) < 4.78 is 64.7. The van der Waals surface area contributed by atoms with E-state index >= 15 is 0 Å². The number of hydrogen-bond acceptors (Lipinski definition) is 13. The second-order valence-electron chi connectivity index (χ2n) is 9.82. The van der Waals surface area contributed by atoms with Crippen molar-refractivity contribution in [3.05, 3.63) is 12.7 Å². The molecule has 0 bridgehead atoms. The van der Waals surface area contributed by atoms with Crippen molar-refractivity contribution in [2.24, 2.45) is 0 Å². The van der Waals surface area contributed by atoms with Gasteiger partial charge in [-0.05, 0) is 20.8 Å². The maximum absolute atomic E-state index is 11.5. The molecule has 13 heteroatoms. The summed E-state index contributed by atoms with van der Waals surface area (Å²) in [5, 5.41) is 0. The Hall–Kier alpha value is -1.23. The van der Waals surface area contributed by atoms with Gasteiger partial charge in [-0.1, -0.05) is 6.08 Å². The maximum Gasteiger partial charge on any atom is 0.308 e. The van der Waals surface area contributed by atoms with Crippen LogP contribution in [0.3, 0.4) is 0 Å². The number of hydrogen-bond donors (Lipinski definition) is 0. The molecular formula is C30H58O13. The summed E-state index contributed by atoms with van der Waals surface area (Å²) in [5.41, 5.74) is -0.472. The average molecular weight is 627 g/mol. The molecule has 0 saturated heterocycles. The molecule has 0 aliphatic rings. The molecule has 0 spiro atoms. The standard InChI is InChI=1S/C30H58O13/c1-5-7-32-9-11-34-13-15-36-17-19-38-21-23-40-25-27-42-28-26-41-24-22-39-20-18-37-16-14-35-12-10-33-8-6-29(31)43-30(2,3)4/h5H,1,6-28H2,2-4H3. The van der Waals surface area contributed by atoms with Crippen LogP contribution < -0.4 is 0 Å². The van der Waals surface area contributed by atoms with Crippen LogP contribution in [0.2, 0.25) is 0 Å². The highest BCUT2D eigenvalue weighted by molar-refractivity contribution is 5.69. The Kier molecular flexibility index (Phi) is 32.7. The Bertz CT molecular complexity index is 587. The zero-order valence-corrected chi connectivity index (χ0v) is 26.9. The third kappa shape index (κ3) is 38.7. The molecule has 0 aromatic carbocycles. The Morgan fingerprint density at radius 3 is 0.907 bits per heavy atom. The first kappa shape index (κ1) is 41.8. The van der Waals surface area contributed by atoms with Crippen LogP contribution in [0.5, 0.6) is 0 Å². The highest BCUT2D eigenvalue weighted by Crippen LogP contribution is 2.08. The van der Waals surface area contributed by atoms with Gasteiger partial charge in [0.15, 0.2) is 0 Å². The quantitative estimate of drug-likeness (QED) is 0.0579. The maximum atomic E-state index is 11.5. The molecule has 0 aliphatic heterocycles. The number of carbonyl (C=O) groups is 1. The van der Waals surface area contributed by atoms with E-state index < -0.39 is 5.60 Å². The number of ether oxygens (including phenoxy) is 12. The van der Waals surface area contributed by atoms with Gasteiger partial charge in [-0.25, -0.2) is 0 Å². The summed E-state index contributed by atoms with van der Waals surface area (Å²) in [5.74, 6) is -0.264. The Labute approximate surface area is 258 Å². The van der Waals surface area contributed by atoms with Crippen LogP contribution in [0.1, 0.15) is 27.2 Å². The SMILES string of the molecule is C=CCOCCOCCOCCOCCOCCOCCOCCOCCOCCOCCOCCC(=O)OC(C)(C)C. The van der Waals surface area contributed by atoms with Crippen LogP contribution in [0, 0.1) is 0 Å². The molecule has 0 aromatic rings. The van der Waals surface area contributed by atoms with Crippen molar-refractivity contribution in [1.82, 2.24) is 0 Å². The fraction of sp³-hybridized carbons (Fsp3) is 0.900. The first-order valence-electron chi connectivity index (χ1n) is 15.1. The Morgan fingerprint density at radius 2 is 0.674 bits per heavy atom. The van der Waals surface area contributed by atoms with E-state index in [1.807, 2.05) is 20.8 Å². The second kappa shape index (κ2) is 33.7. The Morgan fingerprint density at radius 1 is 0.442 bits per heavy atom. The highest BCUT2D eigenvalue weighted by Gasteiger charge is 2.15. The van der Waals surface area contributed by atoms with Crippen molar-refractivity contribution >= 4 is 5.97 Å². The van der Waals surface area contributed by atoms with Gasteiger partial charge in [-0.15, -0.1) is 6.58 Å². The molecule has 0 aromatic heterocycles. The van der Waals surface area contributed by atoms with Crippen molar-refractivity contribution in [3.63, 3.8) is 0 Å². The van der Waals surface area contributed by atoms with Crippen LogP contribution in [-0.2, 0) is 61.6 Å². The molecule has 0 atom stereocenters. The summed E-state index contributed by atoms with van der Waals surface area (Å²) in [4.78, 5) is 11.5. The average Bonchev–Trinajstić information content (AvgIpc) is 2.96. The largest absolute Gasteiger partial charge is 0.460 e. The fourth-order valence-corrected chi connectivity index (χ4v) is 2.91. The predicted molar refractivity (Wildman–Crippen MR) is 160 cm³/mol. The zero-order chi connectivity index (χ0) is 31.5. The molecule has 0 heterocycles. The molecule has 43 heavy (non-hydrogen) atoms.